The van der Waals surface area contributed by atoms with Gasteiger partial charge in [0.05, 0.1) is 36.2 Å². The number of halogens is 2. The van der Waals surface area contributed by atoms with Crippen molar-refractivity contribution in [3.05, 3.63) is 22.8 Å². The van der Waals surface area contributed by atoms with Crippen LogP contribution in [0.4, 0.5) is 14.5 Å². The average molecular weight is 406 g/mol. The predicted octanol–water partition coefficient (Wildman–Crippen LogP) is 2.96. The van der Waals surface area contributed by atoms with E-state index in [1.807, 2.05) is 0 Å². The minimum atomic E-state index is -2.84. The SMILES string of the molecule is O=C1N[C@H](C23CCC(CC2)O3)CN2CC(F)(F)Cc3c(-c4cn[nH]c4)sc1c32. The van der Waals surface area contributed by atoms with Gasteiger partial charge in [0.15, 0.2) is 0 Å². The zero-order valence-corrected chi connectivity index (χ0v) is 16.0. The van der Waals surface area contributed by atoms with Gasteiger partial charge in [-0.1, -0.05) is 0 Å². The molecule has 148 valence electrons. The van der Waals surface area contributed by atoms with E-state index in [2.05, 4.69) is 15.5 Å². The number of nitrogens with zero attached hydrogens (tertiary/aromatic N) is 2. The van der Waals surface area contributed by atoms with Crippen molar-refractivity contribution in [3.63, 3.8) is 0 Å². The molecule has 0 saturated carbocycles. The Morgan fingerprint density at radius 3 is 2.79 bits per heavy atom. The number of carbonyl (C=O) groups excluding carboxylic acids is 1. The third kappa shape index (κ3) is 2.32. The molecule has 0 spiro atoms. The van der Waals surface area contributed by atoms with Crippen LogP contribution in [0, 0.1) is 0 Å². The van der Waals surface area contributed by atoms with Crippen LogP contribution in [0.1, 0.15) is 40.9 Å². The number of thiophene rings is 1. The maximum absolute atomic E-state index is 14.7. The number of aromatic amines is 1. The van der Waals surface area contributed by atoms with E-state index >= 15 is 0 Å². The first-order chi connectivity index (χ1) is 13.4. The lowest BCUT2D eigenvalue weighted by Crippen LogP contribution is -2.57. The number of carbonyl (C=O) groups is 1. The number of hydrogen-bond donors (Lipinski definition) is 2. The number of rotatable bonds is 2. The summed E-state index contributed by atoms with van der Waals surface area (Å²) >= 11 is 1.28. The van der Waals surface area contributed by atoms with Crippen molar-refractivity contribution in [2.75, 3.05) is 18.0 Å². The highest BCUT2D eigenvalue weighted by Crippen LogP contribution is 2.51. The summed E-state index contributed by atoms with van der Waals surface area (Å²) in [5, 5.41) is 9.81. The van der Waals surface area contributed by atoms with Crippen molar-refractivity contribution < 1.29 is 18.3 Å². The minimum absolute atomic E-state index is 0.179. The van der Waals surface area contributed by atoms with E-state index in [1.165, 1.54) is 11.3 Å². The van der Waals surface area contributed by atoms with Crippen molar-refractivity contribution in [2.45, 2.75) is 55.8 Å². The van der Waals surface area contributed by atoms with Gasteiger partial charge in [-0.05, 0) is 25.7 Å². The largest absolute Gasteiger partial charge is 0.370 e. The molecule has 6 rings (SSSR count). The van der Waals surface area contributed by atoms with E-state index in [-0.39, 0.29) is 31.0 Å². The zero-order valence-electron chi connectivity index (χ0n) is 15.1. The number of alkyl halides is 2. The fourth-order valence-corrected chi connectivity index (χ4v) is 6.64. The Bertz CT molecular complexity index is 950. The van der Waals surface area contributed by atoms with Crippen LogP contribution in [0.5, 0.6) is 0 Å². The molecule has 0 radical (unpaired) electrons. The van der Waals surface area contributed by atoms with Crippen LogP contribution in [-0.2, 0) is 11.2 Å². The van der Waals surface area contributed by atoms with E-state index in [9.17, 15) is 13.6 Å². The zero-order chi connectivity index (χ0) is 19.1. The van der Waals surface area contributed by atoms with Crippen molar-refractivity contribution >= 4 is 22.9 Å². The van der Waals surface area contributed by atoms with Crippen molar-refractivity contribution in [3.8, 4) is 10.4 Å². The Morgan fingerprint density at radius 1 is 1.29 bits per heavy atom. The lowest BCUT2D eigenvalue weighted by atomic mass is 9.82. The molecule has 2 aromatic heterocycles. The summed E-state index contributed by atoms with van der Waals surface area (Å²) in [6.07, 6.45) is 6.94. The molecule has 1 atom stereocenters. The van der Waals surface area contributed by atoms with Crippen molar-refractivity contribution in [2.24, 2.45) is 0 Å². The highest BCUT2D eigenvalue weighted by molar-refractivity contribution is 7.18. The molecule has 1 amide bonds. The number of hydrogen-bond acceptors (Lipinski definition) is 5. The molecule has 2 saturated heterocycles. The Hall–Kier alpha value is -2.00. The Balaban J connectivity index is 1.46. The molecule has 6 nitrogen and oxygen atoms in total. The summed E-state index contributed by atoms with van der Waals surface area (Å²) in [5.74, 6) is -3.02. The standard InChI is InChI=1S/C19H20F2N4O2S/c20-19(21)5-12-14-16(28-15(12)10-6-22-23-7-10)17(26)24-13(8-25(14)9-19)18-3-1-11(27-18)2-4-18/h6-7,11,13H,1-5,8-9H2,(H,22,23)(H,24,26)/t11?,13-,18?/m0/s1. The number of ether oxygens (including phenoxy) is 1. The quantitative estimate of drug-likeness (QED) is 0.805. The molecule has 2 fully saturated rings. The first-order valence-corrected chi connectivity index (χ1v) is 10.5. The van der Waals surface area contributed by atoms with Crippen LogP contribution in [0.25, 0.3) is 10.4 Å². The monoisotopic (exact) mass is 406 g/mol. The number of aromatic nitrogens is 2. The van der Waals surface area contributed by atoms with Gasteiger partial charge in [0, 0.05) is 35.2 Å². The van der Waals surface area contributed by atoms with Gasteiger partial charge in [-0.15, -0.1) is 11.3 Å². The summed E-state index contributed by atoms with van der Waals surface area (Å²) in [5.41, 5.74) is 1.57. The van der Waals surface area contributed by atoms with E-state index in [0.29, 0.717) is 27.5 Å². The highest BCUT2D eigenvalue weighted by Gasteiger charge is 2.54. The van der Waals surface area contributed by atoms with Gasteiger partial charge in [-0.25, -0.2) is 8.78 Å². The fourth-order valence-electron chi connectivity index (χ4n) is 5.41. The molecule has 28 heavy (non-hydrogen) atoms. The number of H-pyrrole nitrogens is 1. The van der Waals surface area contributed by atoms with Gasteiger partial charge in [0.1, 0.15) is 4.88 Å². The van der Waals surface area contributed by atoms with Crippen LogP contribution >= 0.6 is 11.3 Å². The number of amides is 1. The van der Waals surface area contributed by atoms with Crippen molar-refractivity contribution in [1.29, 1.82) is 0 Å². The molecule has 0 aromatic carbocycles. The Labute approximate surface area is 164 Å². The van der Waals surface area contributed by atoms with Crippen LogP contribution in [0.15, 0.2) is 12.4 Å². The molecule has 2 aromatic rings. The second-order valence-corrected chi connectivity index (χ2v) is 9.42. The maximum Gasteiger partial charge on any atom is 0.269 e. The molecule has 4 aliphatic rings. The topological polar surface area (TPSA) is 70.2 Å². The lowest BCUT2D eigenvalue weighted by Gasteiger charge is -2.40. The number of nitrogens with one attached hydrogen (secondary N) is 2. The summed E-state index contributed by atoms with van der Waals surface area (Å²) < 4.78 is 35.6. The third-order valence-corrected chi connectivity index (χ3v) is 7.91. The first kappa shape index (κ1) is 16.9. The average Bonchev–Trinajstić information content (AvgIpc) is 3.41. The minimum Gasteiger partial charge on any atom is -0.370 e. The van der Waals surface area contributed by atoms with E-state index in [4.69, 9.17) is 4.74 Å². The smallest absolute Gasteiger partial charge is 0.269 e. The summed E-state index contributed by atoms with van der Waals surface area (Å²) in [6.45, 7) is -0.00482. The normalized spacial score (nSPS) is 32.9. The summed E-state index contributed by atoms with van der Waals surface area (Å²) in [6, 6.07) is -0.272. The Morgan fingerprint density at radius 2 is 2.11 bits per heavy atom. The maximum atomic E-state index is 14.7. The van der Waals surface area contributed by atoms with Crippen LogP contribution in [0.3, 0.4) is 0 Å². The van der Waals surface area contributed by atoms with E-state index < -0.39 is 11.5 Å². The van der Waals surface area contributed by atoms with Crippen LogP contribution < -0.4 is 10.2 Å². The molecule has 2 bridgehead atoms. The van der Waals surface area contributed by atoms with Crippen molar-refractivity contribution in [1.82, 2.24) is 15.5 Å². The molecule has 2 N–H and O–H groups in total. The molecule has 9 heteroatoms. The molecular weight excluding hydrogens is 386 g/mol. The van der Waals surface area contributed by atoms with E-state index in [1.54, 1.807) is 17.3 Å². The molecule has 4 aliphatic heterocycles. The number of anilines is 1. The van der Waals surface area contributed by atoms with Gasteiger partial charge in [-0.3, -0.25) is 9.89 Å². The van der Waals surface area contributed by atoms with Gasteiger partial charge < -0.3 is 15.0 Å². The predicted molar refractivity (Wildman–Crippen MR) is 100 cm³/mol. The second-order valence-electron chi connectivity index (χ2n) is 8.40. The fraction of sp³-hybridized carbons (Fsp3) is 0.579. The van der Waals surface area contributed by atoms with E-state index in [0.717, 1.165) is 31.2 Å². The third-order valence-electron chi connectivity index (χ3n) is 6.64. The molecule has 0 aliphatic carbocycles. The van der Waals surface area contributed by atoms with Crippen LogP contribution in [-0.4, -0.2) is 52.9 Å². The lowest BCUT2D eigenvalue weighted by molar-refractivity contribution is -0.0178. The van der Waals surface area contributed by atoms with Gasteiger partial charge in [0.2, 0.25) is 0 Å². The molecular formula is C19H20F2N4O2S. The van der Waals surface area contributed by atoms with Gasteiger partial charge >= 0.3 is 0 Å². The first-order valence-electron chi connectivity index (χ1n) is 9.70. The summed E-state index contributed by atoms with van der Waals surface area (Å²) in [7, 11) is 0. The highest BCUT2D eigenvalue weighted by atomic mass is 32.1. The van der Waals surface area contributed by atoms with Gasteiger partial charge in [0.25, 0.3) is 11.8 Å². The van der Waals surface area contributed by atoms with Gasteiger partial charge in [-0.2, -0.15) is 5.10 Å². The number of fused-ring (bicyclic) bond motifs is 2. The second kappa shape index (κ2) is 5.54. The molecule has 0 unspecified atom stereocenters. The van der Waals surface area contributed by atoms with Crippen LogP contribution in [0.2, 0.25) is 0 Å². The summed E-state index contributed by atoms with van der Waals surface area (Å²) in [4.78, 5) is 16.1. The molecule has 6 heterocycles. The Kier molecular flexibility index (Phi) is 3.34.